The van der Waals surface area contributed by atoms with Crippen LogP contribution in [0.1, 0.15) is 19.3 Å². The van der Waals surface area contributed by atoms with E-state index in [1.807, 2.05) is 0 Å². The maximum absolute atomic E-state index is 11.4. The number of allylic oxidation sites excluding steroid dienone is 1. The van der Waals surface area contributed by atoms with Crippen LogP contribution in [0.25, 0.3) is 0 Å². The van der Waals surface area contributed by atoms with E-state index in [2.05, 4.69) is 17.2 Å². The normalized spacial score (nSPS) is 33.4. The largest absolute Gasteiger partial charge is 0.334 e. The summed E-state index contributed by atoms with van der Waals surface area (Å²) in [4.78, 5) is 22.3. The lowest BCUT2D eigenvalue weighted by atomic mass is 9.80. The topological polar surface area (TPSA) is 58.2 Å². The highest BCUT2D eigenvalue weighted by atomic mass is 16.2. The van der Waals surface area contributed by atoms with Crippen molar-refractivity contribution in [3.8, 4) is 0 Å². The molecule has 1 heterocycles. The molecule has 1 aliphatic heterocycles. The number of carbonyl (C=O) groups excluding carboxylic acids is 2. The number of fused-ring (bicyclic) bond motifs is 1. The first-order valence-corrected chi connectivity index (χ1v) is 4.45. The van der Waals surface area contributed by atoms with Crippen molar-refractivity contribution in [2.24, 2.45) is 5.92 Å². The van der Waals surface area contributed by atoms with Crippen LogP contribution in [0, 0.1) is 5.92 Å². The monoisotopic (exact) mass is 180 g/mol. The molecule has 0 spiro atoms. The summed E-state index contributed by atoms with van der Waals surface area (Å²) >= 11 is 0. The Hall–Kier alpha value is -1.32. The first-order chi connectivity index (χ1) is 6.16. The van der Waals surface area contributed by atoms with Crippen LogP contribution in [0.2, 0.25) is 0 Å². The molecule has 0 radical (unpaired) electrons. The molecule has 70 valence electrons. The third kappa shape index (κ3) is 1.43. The lowest BCUT2D eigenvalue weighted by molar-refractivity contribution is -0.126. The van der Waals surface area contributed by atoms with E-state index >= 15 is 0 Å². The number of rotatable bonds is 0. The average Bonchev–Trinajstić information content (AvgIpc) is 2.06. The van der Waals surface area contributed by atoms with Crippen LogP contribution >= 0.6 is 0 Å². The van der Waals surface area contributed by atoms with Crippen molar-refractivity contribution in [1.29, 1.82) is 0 Å². The van der Waals surface area contributed by atoms with Gasteiger partial charge in [-0.05, 0) is 19.3 Å². The smallest absolute Gasteiger partial charge is 0.321 e. The number of amides is 3. The van der Waals surface area contributed by atoms with Crippen molar-refractivity contribution in [2.75, 3.05) is 0 Å². The first-order valence-electron chi connectivity index (χ1n) is 4.45. The number of nitrogens with one attached hydrogen (secondary N) is 2. The van der Waals surface area contributed by atoms with Gasteiger partial charge in [0.1, 0.15) is 0 Å². The molecule has 2 aliphatic rings. The van der Waals surface area contributed by atoms with E-state index in [0.717, 1.165) is 18.4 Å². The number of carbonyl (C=O) groups is 2. The van der Waals surface area contributed by atoms with Crippen molar-refractivity contribution in [2.45, 2.75) is 25.3 Å². The Balaban J connectivity index is 2.15. The van der Waals surface area contributed by atoms with E-state index < -0.39 is 0 Å². The molecule has 2 rings (SSSR count). The maximum Gasteiger partial charge on any atom is 0.321 e. The van der Waals surface area contributed by atoms with Crippen molar-refractivity contribution in [1.82, 2.24) is 10.6 Å². The quantitative estimate of drug-likeness (QED) is 0.535. The average molecular weight is 180 g/mol. The van der Waals surface area contributed by atoms with Crippen molar-refractivity contribution >= 4 is 11.9 Å². The van der Waals surface area contributed by atoms with Crippen molar-refractivity contribution in [3.63, 3.8) is 0 Å². The van der Waals surface area contributed by atoms with Crippen LogP contribution in [0.3, 0.4) is 0 Å². The van der Waals surface area contributed by atoms with Crippen LogP contribution in [0.4, 0.5) is 4.79 Å². The van der Waals surface area contributed by atoms with Gasteiger partial charge in [-0.2, -0.15) is 0 Å². The highest BCUT2D eigenvalue weighted by molar-refractivity contribution is 5.98. The van der Waals surface area contributed by atoms with Gasteiger partial charge in [0.25, 0.3) is 0 Å². The molecule has 0 bridgehead atoms. The van der Waals surface area contributed by atoms with Crippen molar-refractivity contribution < 1.29 is 9.59 Å². The van der Waals surface area contributed by atoms with E-state index in [9.17, 15) is 9.59 Å². The molecule has 0 aromatic rings. The van der Waals surface area contributed by atoms with Gasteiger partial charge >= 0.3 is 6.03 Å². The fourth-order valence-corrected chi connectivity index (χ4v) is 1.97. The lowest BCUT2D eigenvalue weighted by Crippen LogP contribution is -2.59. The van der Waals surface area contributed by atoms with Gasteiger partial charge in [0.15, 0.2) is 0 Å². The lowest BCUT2D eigenvalue weighted by Gasteiger charge is -2.35. The highest BCUT2D eigenvalue weighted by Crippen LogP contribution is 2.29. The molecule has 1 aliphatic carbocycles. The van der Waals surface area contributed by atoms with Crippen molar-refractivity contribution in [3.05, 3.63) is 12.2 Å². The van der Waals surface area contributed by atoms with Crippen LogP contribution in [0.15, 0.2) is 12.2 Å². The predicted molar refractivity (Wildman–Crippen MR) is 46.9 cm³/mol. The second kappa shape index (κ2) is 2.87. The maximum atomic E-state index is 11.4. The standard InChI is InChI=1S/C9H12N2O2/c1-5-2-3-7-6(4-5)8(12)11-9(13)10-7/h6-7H,1-4H2,(H2,10,11,12,13). The Morgan fingerprint density at radius 1 is 1.38 bits per heavy atom. The Bertz CT molecular complexity index is 285. The third-order valence-corrected chi connectivity index (χ3v) is 2.69. The Morgan fingerprint density at radius 3 is 2.92 bits per heavy atom. The number of hydrogen-bond donors (Lipinski definition) is 2. The Morgan fingerprint density at radius 2 is 2.15 bits per heavy atom. The molecule has 0 aromatic heterocycles. The summed E-state index contributed by atoms with van der Waals surface area (Å²) in [6, 6.07) is -0.342. The van der Waals surface area contributed by atoms with Crippen LogP contribution in [-0.4, -0.2) is 18.0 Å². The summed E-state index contributed by atoms with van der Waals surface area (Å²) < 4.78 is 0. The third-order valence-electron chi connectivity index (χ3n) is 2.69. The molecule has 0 aromatic carbocycles. The molecule has 4 nitrogen and oxygen atoms in total. The minimum atomic E-state index is -0.362. The van der Waals surface area contributed by atoms with Gasteiger partial charge in [-0.1, -0.05) is 12.2 Å². The van der Waals surface area contributed by atoms with Crippen LogP contribution in [0.5, 0.6) is 0 Å². The highest BCUT2D eigenvalue weighted by Gasteiger charge is 2.37. The molecule has 1 saturated heterocycles. The number of urea groups is 1. The SMILES string of the molecule is C=C1CCC2NC(=O)NC(=O)C2C1. The minimum absolute atomic E-state index is 0.0201. The molecule has 2 fully saturated rings. The summed E-state index contributed by atoms with van der Waals surface area (Å²) in [7, 11) is 0. The zero-order valence-corrected chi connectivity index (χ0v) is 7.30. The zero-order chi connectivity index (χ0) is 9.42. The van der Waals surface area contributed by atoms with E-state index in [1.54, 1.807) is 0 Å². The zero-order valence-electron chi connectivity index (χ0n) is 7.30. The summed E-state index contributed by atoms with van der Waals surface area (Å²) in [6.45, 7) is 3.87. The Labute approximate surface area is 76.4 Å². The fourth-order valence-electron chi connectivity index (χ4n) is 1.97. The second-order valence-corrected chi connectivity index (χ2v) is 3.67. The van der Waals surface area contributed by atoms with Gasteiger partial charge in [0.2, 0.25) is 5.91 Å². The predicted octanol–water partition coefficient (Wildman–Crippen LogP) is 0.551. The molecule has 2 atom stereocenters. The molecule has 4 heteroatoms. The van der Waals surface area contributed by atoms with Gasteiger partial charge in [-0.25, -0.2) is 4.79 Å². The van der Waals surface area contributed by atoms with Gasteiger partial charge < -0.3 is 5.32 Å². The molecule has 13 heavy (non-hydrogen) atoms. The van der Waals surface area contributed by atoms with Gasteiger partial charge in [-0.3, -0.25) is 10.1 Å². The van der Waals surface area contributed by atoms with Crippen LogP contribution in [-0.2, 0) is 4.79 Å². The van der Waals surface area contributed by atoms with E-state index in [0.29, 0.717) is 6.42 Å². The molecular weight excluding hydrogens is 168 g/mol. The molecule has 3 amide bonds. The van der Waals surface area contributed by atoms with Gasteiger partial charge in [-0.15, -0.1) is 0 Å². The summed E-state index contributed by atoms with van der Waals surface area (Å²) in [5.74, 6) is -0.256. The summed E-state index contributed by atoms with van der Waals surface area (Å²) in [5, 5.41) is 5.03. The number of imide groups is 1. The van der Waals surface area contributed by atoms with E-state index in [1.165, 1.54) is 0 Å². The molecule has 1 saturated carbocycles. The van der Waals surface area contributed by atoms with E-state index in [4.69, 9.17) is 0 Å². The molecular formula is C9H12N2O2. The number of hydrogen-bond acceptors (Lipinski definition) is 2. The van der Waals surface area contributed by atoms with E-state index in [-0.39, 0.29) is 23.9 Å². The summed E-state index contributed by atoms with van der Waals surface area (Å²) in [6.07, 6.45) is 2.45. The summed E-state index contributed by atoms with van der Waals surface area (Å²) in [5.41, 5.74) is 1.10. The van der Waals surface area contributed by atoms with Crippen LogP contribution < -0.4 is 10.6 Å². The molecule has 2 unspecified atom stereocenters. The fraction of sp³-hybridized carbons (Fsp3) is 0.556. The minimum Gasteiger partial charge on any atom is -0.334 e. The first kappa shape index (κ1) is 8.29. The van der Waals surface area contributed by atoms with Gasteiger partial charge in [0, 0.05) is 6.04 Å². The molecule has 2 N–H and O–H groups in total. The van der Waals surface area contributed by atoms with Gasteiger partial charge in [0.05, 0.1) is 5.92 Å². The Kier molecular flexibility index (Phi) is 1.83. The second-order valence-electron chi connectivity index (χ2n) is 3.67.